The predicted octanol–water partition coefficient (Wildman–Crippen LogP) is 4.17. The van der Waals surface area contributed by atoms with Gasteiger partial charge >= 0.3 is 0 Å². The van der Waals surface area contributed by atoms with Crippen LogP contribution in [0.5, 0.6) is 5.75 Å². The SMILES string of the molecule is Cc1nc(COc2ccccc2C(=O)Nc2cc(Cl)ccc2C)no1. The molecule has 6 nitrogen and oxygen atoms in total. The van der Waals surface area contributed by atoms with Crippen LogP contribution in [0.2, 0.25) is 5.02 Å². The molecule has 0 aliphatic carbocycles. The molecule has 128 valence electrons. The van der Waals surface area contributed by atoms with Crippen molar-refractivity contribution in [3.05, 3.63) is 70.3 Å². The molecule has 0 saturated heterocycles. The zero-order valence-corrected chi connectivity index (χ0v) is 14.5. The lowest BCUT2D eigenvalue weighted by Gasteiger charge is -2.12. The minimum Gasteiger partial charge on any atom is -0.485 e. The zero-order chi connectivity index (χ0) is 17.8. The van der Waals surface area contributed by atoms with E-state index in [-0.39, 0.29) is 12.5 Å². The fourth-order valence-electron chi connectivity index (χ4n) is 2.24. The van der Waals surface area contributed by atoms with Crippen LogP contribution >= 0.6 is 11.6 Å². The van der Waals surface area contributed by atoms with Crippen molar-refractivity contribution in [1.82, 2.24) is 10.1 Å². The van der Waals surface area contributed by atoms with Crippen LogP contribution in [0, 0.1) is 13.8 Å². The molecule has 0 saturated carbocycles. The first-order valence-corrected chi connectivity index (χ1v) is 7.99. The summed E-state index contributed by atoms with van der Waals surface area (Å²) in [5.41, 5.74) is 1.97. The maximum atomic E-state index is 12.6. The number of carbonyl (C=O) groups is 1. The number of para-hydroxylation sites is 1. The summed E-state index contributed by atoms with van der Waals surface area (Å²) in [6, 6.07) is 12.3. The molecule has 0 atom stereocenters. The molecule has 0 aliphatic rings. The van der Waals surface area contributed by atoms with Gasteiger partial charge in [-0.15, -0.1) is 0 Å². The number of nitrogens with one attached hydrogen (secondary N) is 1. The molecule has 0 unspecified atom stereocenters. The van der Waals surface area contributed by atoms with E-state index in [0.29, 0.717) is 33.7 Å². The first kappa shape index (κ1) is 17.0. The second-order valence-electron chi connectivity index (χ2n) is 5.43. The average Bonchev–Trinajstić information content (AvgIpc) is 3.02. The first-order valence-electron chi connectivity index (χ1n) is 7.61. The van der Waals surface area contributed by atoms with E-state index >= 15 is 0 Å². The second kappa shape index (κ2) is 7.36. The van der Waals surface area contributed by atoms with Gasteiger partial charge in [-0.1, -0.05) is 35.0 Å². The van der Waals surface area contributed by atoms with Gasteiger partial charge in [0.2, 0.25) is 11.7 Å². The number of halogens is 1. The van der Waals surface area contributed by atoms with Gasteiger partial charge in [-0.05, 0) is 36.8 Å². The van der Waals surface area contributed by atoms with Crippen LogP contribution in [0.15, 0.2) is 47.0 Å². The highest BCUT2D eigenvalue weighted by Gasteiger charge is 2.14. The summed E-state index contributed by atoms with van der Waals surface area (Å²) >= 11 is 6.00. The minimum atomic E-state index is -0.287. The van der Waals surface area contributed by atoms with Crippen molar-refractivity contribution in [2.24, 2.45) is 0 Å². The molecule has 0 bridgehead atoms. The van der Waals surface area contributed by atoms with Crippen molar-refractivity contribution in [3.8, 4) is 5.75 Å². The highest BCUT2D eigenvalue weighted by Crippen LogP contribution is 2.24. The van der Waals surface area contributed by atoms with Gasteiger partial charge in [0.15, 0.2) is 6.61 Å². The zero-order valence-electron chi connectivity index (χ0n) is 13.7. The summed E-state index contributed by atoms with van der Waals surface area (Å²) in [5, 5.41) is 7.18. The van der Waals surface area contributed by atoms with Gasteiger partial charge < -0.3 is 14.6 Å². The van der Waals surface area contributed by atoms with Crippen molar-refractivity contribution < 1.29 is 14.1 Å². The fraction of sp³-hybridized carbons (Fsp3) is 0.167. The summed E-state index contributed by atoms with van der Waals surface area (Å²) in [6.07, 6.45) is 0. The maximum absolute atomic E-state index is 12.6. The predicted molar refractivity (Wildman–Crippen MR) is 94.0 cm³/mol. The number of carbonyl (C=O) groups excluding carboxylic acids is 1. The van der Waals surface area contributed by atoms with Crippen molar-refractivity contribution in [1.29, 1.82) is 0 Å². The average molecular weight is 358 g/mol. The maximum Gasteiger partial charge on any atom is 0.259 e. The number of hydrogen-bond acceptors (Lipinski definition) is 5. The number of benzene rings is 2. The van der Waals surface area contributed by atoms with Crippen molar-refractivity contribution >= 4 is 23.2 Å². The molecule has 0 aliphatic heterocycles. The molecule has 0 radical (unpaired) electrons. The lowest BCUT2D eigenvalue weighted by molar-refractivity contribution is 0.102. The number of amides is 1. The Balaban J connectivity index is 1.77. The molecule has 1 N–H and O–H groups in total. The minimum absolute atomic E-state index is 0.109. The molecule has 3 aromatic rings. The number of aromatic nitrogens is 2. The van der Waals surface area contributed by atoms with Crippen molar-refractivity contribution in [2.45, 2.75) is 20.5 Å². The standard InChI is InChI=1S/C18H16ClN3O3/c1-11-7-8-13(19)9-15(11)21-18(23)14-5-3-4-6-16(14)24-10-17-20-12(2)25-22-17/h3-9H,10H2,1-2H3,(H,21,23). The third-order valence-electron chi connectivity index (χ3n) is 3.51. The molecule has 3 rings (SSSR count). The Hall–Kier alpha value is -2.86. The molecule has 25 heavy (non-hydrogen) atoms. The Morgan fingerprint density at radius 1 is 1.24 bits per heavy atom. The van der Waals surface area contributed by atoms with Gasteiger partial charge in [0.1, 0.15) is 5.75 Å². The molecule has 1 heterocycles. The van der Waals surface area contributed by atoms with E-state index in [2.05, 4.69) is 15.5 Å². The Labute approximate surface area is 149 Å². The molecule has 0 spiro atoms. The Morgan fingerprint density at radius 3 is 2.80 bits per heavy atom. The molecule has 2 aromatic carbocycles. The highest BCUT2D eigenvalue weighted by atomic mass is 35.5. The third kappa shape index (κ3) is 4.16. The van der Waals surface area contributed by atoms with Gasteiger partial charge in [-0.3, -0.25) is 4.79 Å². The summed E-state index contributed by atoms with van der Waals surface area (Å²) in [5.74, 6) is 1.02. The van der Waals surface area contributed by atoms with Crippen LogP contribution in [-0.2, 0) is 6.61 Å². The molecular weight excluding hydrogens is 342 g/mol. The fourth-order valence-corrected chi connectivity index (χ4v) is 2.41. The monoisotopic (exact) mass is 357 g/mol. The number of aryl methyl sites for hydroxylation is 2. The molecular formula is C18H16ClN3O3. The number of hydrogen-bond donors (Lipinski definition) is 1. The van der Waals surface area contributed by atoms with Crippen LogP contribution in [0.3, 0.4) is 0 Å². The Bertz CT molecular complexity index is 908. The highest BCUT2D eigenvalue weighted by molar-refractivity contribution is 6.31. The number of rotatable bonds is 5. The third-order valence-corrected chi connectivity index (χ3v) is 3.74. The van der Waals surface area contributed by atoms with Crippen LogP contribution in [0.4, 0.5) is 5.69 Å². The van der Waals surface area contributed by atoms with E-state index < -0.39 is 0 Å². The van der Waals surface area contributed by atoms with Crippen LogP contribution in [0.25, 0.3) is 0 Å². The largest absolute Gasteiger partial charge is 0.485 e. The second-order valence-corrected chi connectivity index (χ2v) is 5.86. The van der Waals surface area contributed by atoms with E-state index in [9.17, 15) is 4.79 Å². The summed E-state index contributed by atoms with van der Waals surface area (Å²) in [6.45, 7) is 3.70. The molecule has 1 amide bonds. The van der Waals surface area contributed by atoms with Crippen molar-refractivity contribution in [2.75, 3.05) is 5.32 Å². The van der Waals surface area contributed by atoms with Crippen molar-refractivity contribution in [3.63, 3.8) is 0 Å². The van der Waals surface area contributed by atoms with Gasteiger partial charge in [0, 0.05) is 17.6 Å². The van der Waals surface area contributed by atoms with E-state index in [1.807, 2.05) is 13.0 Å². The first-order chi connectivity index (χ1) is 12.0. The lowest BCUT2D eigenvalue weighted by Crippen LogP contribution is -2.14. The van der Waals surface area contributed by atoms with E-state index in [1.165, 1.54) is 0 Å². The molecule has 0 fully saturated rings. The molecule has 1 aromatic heterocycles. The Kier molecular flexibility index (Phi) is 5.00. The van der Waals surface area contributed by atoms with Gasteiger partial charge in [-0.25, -0.2) is 0 Å². The Morgan fingerprint density at radius 2 is 2.04 bits per heavy atom. The van der Waals surface area contributed by atoms with Gasteiger partial charge in [0.25, 0.3) is 5.91 Å². The normalized spacial score (nSPS) is 10.5. The quantitative estimate of drug-likeness (QED) is 0.741. The molecule has 7 heteroatoms. The summed E-state index contributed by atoms with van der Waals surface area (Å²) < 4.78 is 10.6. The van der Waals surface area contributed by atoms with E-state index in [4.69, 9.17) is 20.9 Å². The van der Waals surface area contributed by atoms with Gasteiger partial charge in [-0.2, -0.15) is 4.98 Å². The van der Waals surface area contributed by atoms with Crippen LogP contribution in [0.1, 0.15) is 27.6 Å². The summed E-state index contributed by atoms with van der Waals surface area (Å²) in [4.78, 5) is 16.7. The topological polar surface area (TPSA) is 77.2 Å². The number of anilines is 1. The smallest absolute Gasteiger partial charge is 0.259 e. The lowest BCUT2D eigenvalue weighted by atomic mass is 10.1. The van der Waals surface area contributed by atoms with Crippen LogP contribution < -0.4 is 10.1 Å². The van der Waals surface area contributed by atoms with E-state index in [1.54, 1.807) is 43.3 Å². The van der Waals surface area contributed by atoms with Gasteiger partial charge in [0.05, 0.1) is 5.56 Å². The number of ether oxygens (including phenoxy) is 1. The summed E-state index contributed by atoms with van der Waals surface area (Å²) in [7, 11) is 0. The van der Waals surface area contributed by atoms with E-state index in [0.717, 1.165) is 5.56 Å². The van der Waals surface area contributed by atoms with Crippen LogP contribution in [-0.4, -0.2) is 16.0 Å². The number of nitrogens with zero attached hydrogens (tertiary/aromatic N) is 2.